The molecule has 5 heteroatoms. The molecule has 0 aliphatic rings. The van der Waals surface area contributed by atoms with E-state index in [1.54, 1.807) is 0 Å². The third kappa shape index (κ3) is 3.03. The Kier molecular flexibility index (Phi) is 3.83. The first-order chi connectivity index (χ1) is 10.2. The third-order valence-electron chi connectivity index (χ3n) is 3.24. The maximum absolute atomic E-state index is 5.74. The van der Waals surface area contributed by atoms with Crippen molar-refractivity contribution in [3.8, 4) is 5.75 Å². The highest BCUT2D eigenvalue weighted by molar-refractivity contribution is 7.80. The van der Waals surface area contributed by atoms with Crippen LogP contribution in [-0.2, 0) is 6.54 Å². The first kappa shape index (κ1) is 13.6. The molecule has 2 N–H and O–H groups in total. The van der Waals surface area contributed by atoms with E-state index >= 15 is 0 Å². The lowest BCUT2D eigenvalue weighted by Crippen LogP contribution is -2.11. The van der Waals surface area contributed by atoms with Gasteiger partial charge in [0, 0.05) is 10.9 Å². The highest BCUT2D eigenvalue weighted by Gasteiger charge is 2.03. The number of para-hydroxylation sites is 1. The topological polar surface area (TPSA) is 53.1 Å². The number of fused-ring (bicyclic) bond motifs is 1. The second-order valence-electron chi connectivity index (χ2n) is 4.67. The lowest BCUT2D eigenvalue weighted by molar-refractivity contribution is 0.293. The minimum atomic E-state index is 0.374. The summed E-state index contributed by atoms with van der Waals surface area (Å²) in [5.74, 6) is 0.761. The Balaban J connectivity index is 1.66. The summed E-state index contributed by atoms with van der Waals surface area (Å²) in [7, 11) is 0. The minimum Gasteiger partial charge on any atom is -0.492 e. The van der Waals surface area contributed by atoms with Crippen LogP contribution in [-0.4, -0.2) is 21.4 Å². The lowest BCUT2D eigenvalue weighted by Gasteiger charge is -2.08. The molecular formula is C16H15N3OS. The molecule has 0 aliphatic heterocycles. The number of nitrogens with two attached hydrogens (primary N) is 1. The van der Waals surface area contributed by atoms with Crippen molar-refractivity contribution < 1.29 is 4.74 Å². The van der Waals surface area contributed by atoms with Crippen molar-refractivity contribution in [2.45, 2.75) is 6.54 Å². The van der Waals surface area contributed by atoms with Gasteiger partial charge in [0.2, 0.25) is 0 Å². The number of thiocarbonyl (C=S) groups is 1. The van der Waals surface area contributed by atoms with Crippen LogP contribution in [0.1, 0.15) is 5.56 Å². The van der Waals surface area contributed by atoms with Crippen molar-refractivity contribution in [3.63, 3.8) is 0 Å². The minimum absolute atomic E-state index is 0.374. The average Bonchev–Trinajstić information content (AvgIpc) is 2.91. The normalized spacial score (nSPS) is 10.7. The Morgan fingerprint density at radius 2 is 2.05 bits per heavy atom. The van der Waals surface area contributed by atoms with E-state index in [9.17, 15) is 0 Å². The van der Waals surface area contributed by atoms with Gasteiger partial charge >= 0.3 is 0 Å². The van der Waals surface area contributed by atoms with Gasteiger partial charge in [-0.25, -0.2) is 0 Å². The standard InChI is InChI=1S/C16H15N3OS/c17-16(21)12-5-3-6-14(10-12)20-9-8-19-15-7-2-1-4-13(15)11-18-19/h1-7,10-11H,8-9H2,(H2,17,21). The molecule has 106 valence electrons. The molecule has 0 bridgehead atoms. The highest BCUT2D eigenvalue weighted by Crippen LogP contribution is 2.15. The van der Waals surface area contributed by atoms with Crippen LogP contribution in [0.2, 0.25) is 0 Å². The summed E-state index contributed by atoms with van der Waals surface area (Å²) >= 11 is 4.96. The van der Waals surface area contributed by atoms with Gasteiger partial charge in [-0.15, -0.1) is 0 Å². The predicted octanol–water partition coefficient (Wildman–Crippen LogP) is 2.75. The van der Waals surface area contributed by atoms with Crippen molar-refractivity contribution in [3.05, 3.63) is 60.3 Å². The Hall–Kier alpha value is -2.40. The maximum atomic E-state index is 5.74. The van der Waals surface area contributed by atoms with Crippen LogP contribution < -0.4 is 10.5 Å². The summed E-state index contributed by atoms with van der Waals surface area (Å²) in [4.78, 5) is 0.374. The second kappa shape index (κ2) is 5.93. The van der Waals surface area contributed by atoms with Gasteiger partial charge < -0.3 is 10.5 Å². The van der Waals surface area contributed by atoms with Crippen molar-refractivity contribution in [2.24, 2.45) is 5.73 Å². The number of hydrogen-bond acceptors (Lipinski definition) is 3. The van der Waals surface area contributed by atoms with Crippen molar-refractivity contribution in [1.29, 1.82) is 0 Å². The number of nitrogens with zero attached hydrogens (tertiary/aromatic N) is 2. The molecule has 1 aromatic heterocycles. The Labute approximate surface area is 128 Å². The van der Waals surface area contributed by atoms with E-state index < -0.39 is 0 Å². The van der Waals surface area contributed by atoms with E-state index in [1.165, 1.54) is 0 Å². The number of aromatic nitrogens is 2. The molecule has 0 unspecified atom stereocenters. The molecule has 0 saturated heterocycles. The van der Waals surface area contributed by atoms with Crippen LogP contribution in [0.3, 0.4) is 0 Å². The molecule has 3 aromatic rings. The third-order valence-corrected chi connectivity index (χ3v) is 3.48. The molecule has 1 heterocycles. The Bertz CT molecular complexity index is 782. The predicted molar refractivity (Wildman–Crippen MR) is 87.6 cm³/mol. The molecule has 2 aromatic carbocycles. The van der Waals surface area contributed by atoms with Crippen LogP contribution in [0, 0.1) is 0 Å². The number of hydrogen-bond donors (Lipinski definition) is 1. The fraction of sp³-hybridized carbons (Fsp3) is 0.125. The highest BCUT2D eigenvalue weighted by atomic mass is 32.1. The van der Waals surface area contributed by atoms with Gasteiger partial charge in [0.25, 0.3) is 0 Å². The Morgan fingerprint density at radius 3 is 2.90 bits per heavy atom. The molecule has 0 amide bonds. The van der Waals surface area contributed by atoms with Crippen LogP contribution in [0.4, 0.5) is 0 Å². The number of benzene rings is 2. The van der Waals surface area contributed by atoms with Gasteiger partial charge in [-0.05, 0) is 18.2 Å². The zero-order valence-corrected chi connectivity index (χ0v) is 12.2. The van der Waals surface area contributed by atoms with E-state index in [4.69, 9.17) is 22.7 Å². The molecule has 0 saturated carbocycles. The van der Waals surface area contributed by atoms with Crippen molar-refractivity contribution >= 4 is 28.1 Å². The molecule has 0 radical (unpaired) electrons. The van der Waals surface area contributed by atoms with E-state index in [1.807, 2.05) is 53.3 Å². The zero-order chi connectivity index (χ0) is 14.7. The SMILES string of the molecule is NC(=S)c1cccc(OCCn2ncc3ccccc32)c1. The second-order valence-corrected chi connectivity index (χ2v) is 5.11. The summed E-state index contributed by atoms with van der Waals surface area (Å²) in [5, 5.41) is 5.50. The van der Waals surface area contributed by atoms with E-state index in [2.05, 4.69) is 11.2 Å². The molecule has 0 atom stereocenters. The molecular weight excluding hydrogens is 282 g/mol. The first-order valence-electron chi connectivity index (χ1n) is 6.67. The fourth-order valence-corrected chi connectivity index (χ4v) is 2.32. The van der Waals surface area contributed by atoms with Gasteiger partial charge in [0.05, 0.1) is 18.3 Å². The number of ether oxygens (including phenoxy) is 1. The van der Waals surface area contributed by atoms with E-state index in [-0.39, 0.29) is 0 Å². The van der Waals surface area contributed by atoms with Crippen LogP contribution in [0.15, 0.2) is 54.7 Å². The quantitative estimate of drug-likeness (QED) is 0.736. The molecule has 0 spiro atoms. The smallest absolute Gasteiger partial charge is 0.120 e. The molecule has 21 heavy (non-hydrogen) atoms. The maximum Gasteiger partial charge on any atom is 0.120 e. The average molecular weight is 297 g/mol. The molecule has 3 rings (SSSR count). The van der Waals surface area contributed by atoms with Gasteiger partial charge in [-0.1, -0.05) is 42.5 Å². The fourth-order valence-electron chi connectivity index (χ4n) is 2.19. The monoisotopic (exact) mass is 297 g/mol. The van der Waals surface area contributed by atoms with Crippen molar-refractivity contribution in [1.82, 2.24) is 9.78 Å². The van der Waals surface area contributed by atoms with Gasteiger partial charge in [0.15, 0.2) is 0 Å². The summed E-state index contributed by atoms with van der Waals surface area (Å²) in [5.41, 5.74) is 7.53. The van der Waals surface area contributed by atoms with E-state index in [0.717, 1.165) is 22.2 Å². The van der Waals surface area contributed by atoms with Gasteiger partial charge in [0.1, 0.15) is 17.3 Å². The summed E-state index contributed by atoms with van der Waals surface area (Å²) < 4.78 is 7.68. The summed E-state index contributed by atoms with van der Waals surface area (Å²) in [6.45, 7) is 1.22. The Morgan fingerprint density at radius 1 is 1.19 bits per heavy atom. The van der Waals surface area contributed by atoms with Gasteiger partial charge in [-0.3, -0.25) is 4.68 Å². The van der Waals surface area contributed by atoms with Crippen LogP contribution >= 0.6 is 12.2 Å². The zero-order valence-electron chi connectivity index (χ0n) is 11.4. The number of rotatable bonds is 5. The lowest BCUT2D eigenvalue weighted by atomic mass is 10.2. The largest absolute Gasteiger partial charge is 0.492 e. The molecule has 4 nitrogen and oxygen atoms in total. The molecule has 0 aliphatic carbocycles. The van der Waals surface area contributed by atoms with E-state index in [0.29, 0.717) is 18.1 Å². The van der Waals surface area contributed by atoms with Crippen LogP contribution in [0.5, 0.6) is 5.75 Å². The van der Waals surface area contributed by atoms with Crippen LogP contribution in [0.25, 0.3) is 10.9 Å². The molecule has 0 fully saturated rings. The van der Waals surface area contributed by atoms with Gasteiger partial charge in [-0.2, -0.15) is 5.10 Å². The van der Waals surface area contributed by atoms with Crippen molar-refractivity contribution in [2.75, 3.05) is 6.61 Å². The summed E-state index contributed by atoms with van der Waals surface area (Å²) in [6, 6.07) is 15.6. The summed E-state index contributed by atoms with van der Waals surface area (Å²) in [6.07, 6.45) is 1.86. The first-order valence-corrected chi connectivity index (χ1v) is 7.08.